The monoisotopic (exact) mass is 334 g/mol. The molecular weight excluding hydrogens is 303 g/mol. The number of benzene rings is 1. The Bertz CT molecular complexity index is 576. The van der Waals surface area contributed by atoms with E-state index in [9.17, 15) is 4.39 Å². The fraction of sp³-hybridized carbons (Fsp3) is 0.632. The van der Waals surface area contributed by atoms with Crippen molar-refractivity contribution in [3.05, 3.63) is 35.6 Å². The van der Waals surface area contributed by atoms with Gasteiger partial charge in [0, 0.05) is 32.1 Å². The molecule has 2 N–H and O–H groups in total. The maximum atomic E-state index is 14.1. The van der Waals surface area contributed by atoms with Gasteiger partial charge in [0.25, 0.3) is 0 Å². The average molecular weight is 334 g/mol. The Hall–Kier alpha value is -1.62. The average Bonchev–Trinajstić information content (AvgIpc) is 3.27. The van der Waals surface area contributed by atoms with Crippen LogP contribution in [0.1, 0.15) is 32.3 Å². The van der Waals surface area contributed by atoms with Crippen molar-refractivity contribution in [2.75, 3.05) is 40.8 Å². The Morgan fingerprint density at radius 2 is 1.92 bits per heavy atom. The van der Waals surface area contributed by atoms with Gasteiger partial charge in [0.05, 0.1) is 0 Å². The van der Waals surface area contributed by atoms with Crippen LogP contribution in [0.25, 0.3) is 0 Å². The molecule has 0 bridgehead atoms. The van der Waals surface area contributed by atoms with E-state index < -0.39 is 0 Å². The zero-order valence-electron chi connectivity index (χ0n) is 15.6. The molecule has 4 nitrogen and oxygen atoms in total. The lowest BCUT2D eigenvalue weighted by Gasteiger charge is -2.29. The molecule has 0 spiro atoms. The fourth-order valence-electron chi connectivity index (χ4n) is 3.29. The summed E-state index contributed by atoms with van der Waals surface area (Å²) in [7, 11) is 5.94. The minimum absolute atomic E-state index is 0.0812. The largest absolute Gasteiger partial charge is 0.356 e. The first-order chi connectivity index (χ1) is 11.3. The third-order valence-corrected chi connectivity index (χ3v) is 4.60. The molecular formula is C19H31FN4. The quantitative estimate of drug-likeness (QED) is 0.595. The fourth-order valence-corrected chi connectivity index (χ4v) is 3.29. The summed E-state index contributed by atoms with van der Waals surface area (Å²) in [4.78, 5) is 6.49. The second-order valence-corrected chi connectivity index (χ2v) is 7.94. The maximum absolute atomic E-state index is 14.1. The van der Waals surface area contributed by atoms with E-state index in [0.29, 0.717) is 6.54 Å². The number of rotatable bonds is 7. The highest BCUT2D eigenvalue weighted by atomic mass is 19.1. The molecule has 0 heterocycles. The molecule has 0 amide bonds. The van der Waals surface area contributed by atoms with Crippen LogP contribution in [-0.4, -0.2) is 51.6 Å². The smallest absolute Gasteiger partial charge is 0.191 e. The molecule has 1 aliphatic rings. The summed E-state index contributed by atoms with van der Waals surface area (Å²) >= 11 is 0. The van der Waals surface area contributed by atoms with Crippen LogP contribution in [0.2, 0.25) is 0 Å². The maximum Gasteiger partial charge on any atom is 0.191 e. The van der Waals surface area contributed by atoms with Gasteiger partial charge in [0.1, 0.15) is 5.82 Å². The number of nitrogens with one attached hydrogen (secondary N) is 2. The van der Waals surface area contributed by atoms with Crippen molar-refractivity contribution in [2.45, 2.75) is 32.1 Å². The predicted molar refractivity (Wildman–Crippen MR) is 99.0 cm³/mol. The zero-order valence-corrected chi connectivity index (χ0v) is 15.6. The van der Waals surface area contributed by atoms with Gasteiger partial charge in [-0.2, -0.15) is 0 Å². The molecule has 1 aromatic carbocycles. The first kappa shape index (κ1) is 18.7. The van der Waals surface area contributed by atoms with E-state index >= 15 is 0 Å². The van der Waals surface area contributed by atoms with Gasteiger partial charge >= 0.3 is 0 Å². The van der Waals surface area contributed by atoms with Gasteiger partial charge in [0.2, 0.25) is 0 Å². The molecule has 5 heteroatoms. The van der Waals surface area contributed by atoms with Crippen molar-refractivity contribution >= 4 is 5.96 Å². The summed E-state index contributed by atoms with van der Waals surface area (Å²) in [6.07, 6.45) is 2.04. The number of guanidine groups is 1. The lowest BCUT2D eigenvalue weighted by atomic mass is 9.93. The standard InChI is InChI=1S/C19H31FN4/c1-18(2,14-24(4)5)12-22-17(21-3)23-13-19(10-11-19)15-8-6-7-9-16(15)20/h6-9H,10-14H2,1-5H3,(H2,21,22,23). The van der Waals surface area contributed by atoms with Gasteiger partial charge in [-0.15, -0.1) is 0 Å². The first-order valence-electron chi connectivity index (χ1n) is 8.62. The Morgan fingerprint density at radius 1 is 1.25 bits per heavy atom. The van der Waals surface area contributed by atoms with Crippen molar-refractivity contribution in [1.82, 2.24) is 15.5 Å². The van der Waals surface area contributed by atoms with Gasteiger partial charge < -0.3 is 15.5 Å². The highest BCUT2D eigenvalue weighted by Gasteiger charge is 2.45. The second kappa shape index (κ2) is 7.51. The molecule has 1 saturated carbocycles. The summed E-state index contributed by atoms with van der Waals surface area (Å²) in [6, 6.07) is 7.11. The van der Waals surface area contributed by atoms with Crippen LogP contribution in [0.4, 0.5) is 4.39 Å². The van der Waals surface area contributed by atoms with Crippen LogP contribution in [0.15, 0.2) is 29.3 Å². The zero-order chi connectivity index (χ0) is 17.8. The van der Waals surface area contributed by atoms with Crippen molar-refractivity contribution < 1.29 is 4.39 Å². The van der Waals surface area contributed by atoms with Gasteiger partial charge in [0.15, 0.2) is 5.96 Å². The first-order valence-corrected chi connectivity index (χ1v) is 8.62. The number of hydrogen-bond donors (Lipinski definition) is 2. The minimum atomic E-state index is -0.105. The number of nitrogens with zero attached hydrogens (tertiary/aromatic N) is 2. The van der Waals surface area contributed by atoms with Gasteiger partial charge in [-0.25, -0.2) is 4.39 Å². The van der Waals surface area contributed by atoms with Gasteiger partial charge in [-0.3, -0.25) is 4.99 Å². The third-order valence-electron chi connectivity index (χ3n) is 4.60. The molecule has 0 radical (unpaired) electrons. The highest BCUT2D eigenvalue weighted by Crippen LogP contribution is 2.48. The van der Waals surface area contributed by atoms with Crippen LogP contribution in [-0.2, 0) is 5.41 Å². The SMILES string of the molecule is CN=C(NCC(C)(C)CN(C)C)NCC1(c2ccccc2F)CC1. The highest BCUT2D eigenvalue weighted by molar-refractivity contribution is 5.79. The van der Waals surface area contributed by atoms with Crippen molar-refractivity contribution in [3.8, 4) is 0 Å². The molecule has 0 atom stereocenters. The molecule has 0 unspecified atom stereocenters. The molecule has 1 aromatic rings. The van der Waals surface area contributed by atoms with Crippen LogP contribution in [0, 0.1) is 11.2 Å². The summed E-state index contributed by atoms with van der Waals surface area (Å²) in [5, 5.41) is 6.78. The van der Waals surface area contributed by atoms with Crippen LogP contribution >= 0.6 is 0 Å². The molecule has 134 valence electrons. The predicted octanol–water partition coefficient (Wildman–Crippen LogP) is 2.61. The topological polar surface area (TPSA) is 39.7 Å². The summed E-state index contributed by atoms with van der Waals surface area (Å²) in [6.45, 7) is 7.00. The number of hydrogen-bond acceptors (Lipinski definition) is 2. The Labute approximate surface area is 145 Å². The molecule has 24 heavy (non-hydrogen) atoms. The van der Waals surface area contributed by atoms with Crippen molar-refractivity contribution in [3.63, 3.8) is 0 Å². The van der Waals surface area contributed by atoms with Gasteiger partial charge in [-0.1, -0.05) is 32.0 Å². The number of aliphatic imine (C=N–C) groups is 1. The molecule has 0 aliphatic heterocycles. The van der Waals surface area contributed by atoms with E-state index in [0.717, 1.165) is 37.5 Å². The molecule has 0 aromatic heterocycles. The third kappa shape index (κ3) is 4.94. The van der Waals surface area contributed by atoms with E-state index in [2.05, 4.69) is 48.5 Å². The Kier molecular flexibility index (Phi) is 5.86. The van der Waals surface area contributed by atoms with Crippen molar-refractivity contribution in [1.29, 1.82) is 0 Å². The molecule has 0 saturated heterocycles. The molecule has 1 fully saturated rings. The van der Waals surface area contributed by atoms with E-state index in [1.54, 1.807) is 19.2 Å². The summed E-state index contributed by atoms with van der Waals surface area (Å²) in [5.74, 6) is 0.677. The van der Waals surface area contributed by atoms with Gasteiger partial charge in [-0.05, 0) is 44.0 Å². The second-order valence-electron chi connectivity index (χ2n) is 7.94. The van der Waals surface area contributed by atoms with E-state index in [4.69, 9.17) is 0 Å². The lowest BCUT2D eigenvalue weighted by molar-refractivity contribution is 0.241. The van der Waals surface area contributed by atoms with Crippen molar-refractivity contribution in [2.24, 2.45) is 10.4 Å². The summed E-state index contributed by atoms with van der Waals surface area (Å²) < 4.78 is 14.1. The molecule has 2 rings (SSSR count). The van der Waals surface area contributed by atoms with E-state index in [1.165, 1.54) is 0 Å². The van der Waals surface area contributed by atoms with E-state index in [1.807, 2.05) is 12.1 Å². The molecule has 1 aliphatic carbocycles. The lowest BCUT2D eigenvalue weighted by Crippen LogP contribution is -2.46. The Balaban J connectivity index is 1.90. The normalized spacial score (nSPS) is 17.0. The summed E-state index contributed by atoms with van der Waals surface area (Å²) in [5.41, 5.74) is 0.882. The van der Waals surface area contributed by atoms with E-state index in [-0.39, 0.29) is 16.6 Å². The van der Waals surface area contributed by atoms with Crippen LogP contribution < -0.4 is 10.6 Å². The van der Waals surface area contributed by atoms with Crippen LogP contribution in [0.5, 0.6) is 0 Å². The Morgan fingerprint density at radius 3 is 2.46 bits per heavy atom. The van der Waals surface area contributed by atoms with Crippen LogP contribution in [0.3, 0.4) is 0 Å². The number of halogens is 1. The minimum Gasteiger partial charge on any atom is -0.356 e.